The van der Waals surface area contributed by atoms with Gasteiger partial charge in [0.2, 0.25) is 0 Å². The molecule has 2 aromatic rings. The highest BCUT2D eigenvalue weighted by Crippen LogP contribution is 2.40. The van der Waals surface area contributed by atoms with Crippen LogP contribution >= 0.6 is 23.6 Å². The number of hydrogen-bond acceptors (Lipinski definition) is 6. The molecule has 1 amide bonds. The molecule has 1 atom stereocenters. The third-order valence-corrected chi connectivity index (χ3v) is 6.07. The van der Waals surface area contributed by atoms with Crippen molar-refractivity contribution in [2.24, 2.45) is 11.7 Å². The van der Waals surface area contributed by atoms with E-state index in [9.17, 15) is 9.59 Å². The Morgan fingerprint density at radius 3 is 2.86 bits per heavy atom. The number of thiophene rings is 1. The van der Waals surface area contributed by atoms with Crippen molar-refractivity contribution in [3.8, 4) is 0 Å². The molecule has 0 aliphatic heterocycles. The van der Waals surface area contributed by atoms with Gasteiger partial charge in [-0.25, -0.2) is 4.79 Å². The van der Waals surface area contributed by atoms with Gasteiger partial charge in [0.1, 0.15) is 5.00 Å². The predicted molar refractivity (Wildman–Crippen MR) is 113 cm³/mol. The van der Waals surface area contributed by atoms with Crippen LogP contribution < -0.4 is 16.4 Å². The first-order valence-corrected chi connectivity index (χ1v) is 10.2. The average Bonchev–Trinajstić information content (AvgIpc) is 3.21. The molecule has 3 rings (SSSR count). The Morgan fingerprint density at radius 2 is 2.21 bits per heavy atom. The standard InChI is InChI=1S/C18H23N5O3S2/c1-4-23-8-11(14(22-23)15(19)24)20-18(27)21-16-13(17(25)26-3)10-6-5-9(2)7-12(10)28-16/h8-9H,4-7H2,1-3H3,(H2,19,24)(H2,20,21,27)/t9-/m0/s1. The Balaban J connectivity index is 1.86. The monoisotopic (exact) mass is 421 g/mol. The first-order chi connectivity index (χ1) is 13.3. The zero-order valence-corrected chi connectivity index (χ0v) is 17.6. The fraction of sp³-hybridized carbons (Fsp3) is 0.444. The van der Waals surface area contributed by atoms with Crippen molar-refractivity contribution in [3.05, 3.63) is 27.9 Å². The number of thiocarbonyl (C=S) groups is 1. The molecule has 0 saturated heterocycles. The fourth-order valence-electron chi connectivity index (χ4n) is 3.27. The summed E-state index contributed by atoms with van der Waals surface area (Å²) in [6.45, 7) is 4.69. The lowest BCUT2D eigenvalue weighted by molar-refractivity contribution is 0.0600. The number of amides is 1. The van der Waals surface area contributed by atoms with E-state index in [1.165, 1.54) is 23.3 Å². The second kappa shape index (κ2) is 8.27. The van der Waals surface area contributed by atoms with E-state index in [0.717, 1.165) is 24.8 Å². The van der Waals surface area contributed by atoms with Crippen molar-refractivity contribution in [2.45, 2.75) is 39.7 Å². The third kappa shape index (κ3) is 4.02. The number of aromatic nitrogens is 2. The van der Waals surface area contributed by atoms with E-state index >= 15 is 0 Å². The van der Waals surface area contributed by atoms with Crippen molar-refractivity contribution in [1.29, 1.82) is 0 Å². The van der Waals surface area contributed by atoms with Gasteiger partial charge in [-0.05, 0) is 49.9 Å². The van der Waals surface area contributed by atoms with E-state index in [4.69, 9.17) is 22.7 Å². The number of nitrogens with one attached hydrogen (secondary N) is 2. The molecule has 0 fully saturated rings. The fourth-order valence-corrected chi connectivity index (χ4v) is 4.95. The van der Waals surface area contributed by atoms with Gasteiger partial charge in [0, 0.05) is 17.6 Å². The number of nitrogens with two attached hydrogens (primary N) is 1. The number of carbonyl (C=O) groups is 2. The van der Waals surface area contributed by atoms with Crippen LogP contribution in [0.2, 0.25) is 0 Å². The first kappa shape index (κ1) is 20.3. The van der Waals surface area contributed by atoms with Crippen LogP contribution in [0.4, 0.5) is 10.7 Å². The highest BCUT2D eigenvalue weighted by Gasteiger charge is 2.28. The van der Waals surface area contributed by atoms with Crippen LogP contribution in [0.3, 0.4) is 0 Å². The van der Waals surface area contributed by atoms with Crippen molar-refractivity contribution < 1.29 is 14.3 Å². The summed E-state index contributed by atoms with van der Waals surface area (Å²) in [6, 6.07) is 0. The third-order valence-electron chi connectivity index (χ3n) is 4.70. The van der Waals surface area contributed by atoms with Crippen LogP contribution in [0.15, 0.2) is 6.20 Å². The van der Waals surface area contributed by atoms with Gasteiger partial charge in [0.05, 0.1) is 18.4 Å². The number of rotatable bonds is 5. The highest BCUT2D eigenvalue weighted by atomic mass is 32.1. The number of fused-ring (bicyclic) bond motifs is 1. The van der Waals surface area contributed by atoms with Crippen LogP contribution in [-0.2, 0) is 24.1 Å². The van der Waals surface area contributed by atoms with E-state index in [0.29, 0.717) is 28.7 Å². The lowest BCUT2D eigenvalue weighted by atomic mass is 9.88. The molecular formula is C18H23N5O3S2. The molecule has 0 spiro atoms. The van der Waals surface area contributed by atoms with Gasteiger partial charge in [0.25, 0.3) is 5.91 Å². The number of primary amides is 1. The number of anilines is 2. The molecule has 4 N–H and O–H groups in total. The van der Waals surface area contributed by atoms with Crippen molar-refractivity contribution >= 4 is 51.2 Å². The second-order valence-electron chi connectivity index (χ2n) is 6.74. The molecule has 0 bridgehead atoms. The smallest absolute Gasteiger partial charge is 0.341 e. The van der Waals surface area contributed by atoms with Crippen LogP contribution in [0.5, 0.6) is 0 Å². The minimum absolute atomic E-state index is 0.110. The lowest BCUT2D eigenvalue weighted by Crippen LogP contribution is -2.22. The SMILES string of the molecule is CCn1cc(NC(=S)Nc2sc3c(c2C(=O)OC)CC[C@H](C)C3)c(C(N)=O)n1. The normalized spacial score (nSPS) is 15.6. The molecular weight excluding hydrogens is 398 g/mol. The predicted octanol–water partition coefficient (Wildman–Crippen LogP) is 2.78. The van der Waals surface area contributed by atoms with Crippen LogP contribution in [0.25, 0.3) is 0 Å². The Hall–Kier alpha value is -2.46. The van der Waals surface area contributed by atoms with Crippen molar-refractivity contribution in [2.75, 3.05) is 17.7 Å². The summed E-state index contributed by atoms with van der Waals surface area (Å²) in [5.74, 6) is -0.449. The Bertz CT molecular complexity index is 934. The number of hydrogen-bond donors (Lipinski definition) is 3. The molecule has 1 aliphatic rings. The summed E-state index contributed by atoms with van der Waals surface area (Å²) >= 11 is 6.92. The van der Waals surface area contributed by atoms with Crippen molar-refractivity contribution in [1.82, 2.24) is 9.78 Å². The number of ether oxygens (including phenoxy) is 1. The lowest BCUT2D eigenvalue weighted by Gasteiger charge is -2.18. The van der Waals surface area contributed by atoms with Crippen LogP contribution in [-0.4, -0.2) is 33.9 Å². The Labute approximate surface area is 172 Å². The first-order valence-electron chi connectivity index (χ1n) is 9.02. The number of carbonyl (C=O) groups excluding carboxylic acids is 2. The van der Waals surface area contributed by atoms with E-state index < -0.39 is 5.91 Å². The Kier molecular flexibility index (Phi) is 5.99. The van der Waals surface area contributed by atoms with Gasteiger partial charge >= 0.3 is 5.97 Å². The summed E-state index contributed by atoms with van der Waals surface area (Å²) in [7, 11) is 1.37. The van der Waals surface area contributed by atoms with Gasteiger partial charge in [-0.2, -0.15) is 5.10 Å². The maximum atomic E-state index is 12.4. The van der Waals surface area contributed by atoms with Crippen molar-refractivity contribution in [3.63, 3.8) is 0 Å². The molecule has 1 aliphatic carbocycles. The van der Waals surface area contributed by atoms with Crippen LogP contribution in [0.1, 0.15) is 51.6 Å². The average molecular weight is 422 g/mol. The van der Waals surface area contributed by atoms with E-state index in [2.05, 4.69) is 22.7 Å². The summed E-state index contributed by atoms with van der Waals surface area (Å²) in [5, 5.41) is 11.1. The molecule has 150 valence electrons. The molecule has 0 radical (unpaired) electrons. The van der Waals surface area contributed by atoms with Gasteiger partial charge < -0.3 is 21.1 Å². The summed E-state index contributed by atoms with van der Waals surface area (Å²) in [4.78, 5) is 25.2. The van der Waals surface area contributed by atoms with E-state index in [1.54, 1.807) is 10.9 Å². The van der Waals surface area contributed by atoms with E-state index in [1.807, 2.05) is 6.92 Å². The zero-order valence-electron chi connectivity index (χ0n) is 16.0. The van der Waals surface area contributed by atoms with Gasteiger partial charge in [0.15, 0.2) is 10.8 Å². The topological polar surface area (TPSA) is 111 Å². The second-order valence-corrected chi connectivity index (χ2v) is 8.25. The van der Waals surface area contributed by atoms with Gasteiger partial charge in [-0.3, -0.25) is 9.48 Å². The molecule has 2 aromatic heterocycles. The molecule has 0 saturated carbocycles. The minimum atomic E-state index is -0.645. The number of aryl methyl sites for hydroxylation is 1. The maximum absolute atomic E-state index is 12.4. The molecule has 0 unspecified atom stereocenters. The zero-order chi connectivity index (χ0) is 20.4. The number of nitrogens with zero attached hydrogens (tertiary/aromatic N) is 2. The molecule has 28 heavy (non-hydrogen) atoms. The molecule has 0 aromatic carbocycles. The molecule has 8 nitrogen and oxygen atoms in total. The highest BCUT2D eigenvalue weighted by molar-refractivity contribution is 7.80. The minimum Gasteiger partial charge on any atom is -0.465 e. The summed E-state index contributed by atoms with van der Waals surface area (Å²) in [5.41, 5.74) is 7.50. The number of esters is 1. The van der Waals surface area contributed by atoms with Crippen LogP contribution in [0, 0.1) is 5.92 Å². The molecule has 10 heteroatoms. The largest absolute Gasteiger partial charge is 0.465 e. The van der Waals surface area contributed by atoms with Gasteiger partial charge in [-0.15, -0.1) is 11.3 Å². The summed E-state index contributed by atoms with van der Waals surface area (Å²) < 4.78 is 6.58. The maximum Gasteiger partial charge on any atom is 0.341 e. The van der Waals surface area contributed by atoms with Gasteiger partial charge in [-0.1, -0.05) is 6.92 Å². The summed E-state index contributed by atoms with van der Waals surface area (Å²) in [6.07, 6.45) is 4.47. The Morgan fingerprint density at radius 1 is 1.46 bits per heavy atom. The number of methoxy groups -OCH3 is 1. The quantitative estimate of drug-likeness (QED) is 0.503. The van der Waals surface area contributed by atoms with E-state index in [-0.39, 0.29) is 16.8 Å². The molecule has 2 heterocycles.